The molecule has 29 heavy (non-hydrogen) atoms. The zero-order valence-electron chi connectivity index (χ0n) is 16.5. The number of hydrogen-bond donors (Lipinski definition) is 1. The largest absolute Gasteiger partial charge is 0.466 e. The molecule has 0 unspecified atom stereocenters. The van der Waals surface area contributed by atoms with Crippen molar-refractivity contribution in [2.24, 2.45) is 0 Å². The molecule has 2 N–H and O–H groups in total. The van der Waals surface area contributed by atoms with Crippen molar-refractivity contribution in [3.8, 4) is 11.5 Å². The lowest BCUT2D eigenvalue weighted by Gasteiger charge is -2.16. The van der Waals surface area contributed by atoms with Gasteiger partial charge in [-0.3, -0.25) is 4.79 Å². The quantitative estimate of drug-likeness (QED) is 0.424. The molecule has 158 valence electrons. The Morgan fingerprint density at radius 3 is 2.52 bits per heavy atom. The van der Waals surface area contributed by atoms with E-state index in [1.165, 1.54) is 6.07 Å². The van der Waals surface area contributed by atoms with Crippen LogP contribution < -0.4 is 10.5 Å². The number of carbonyl (C=O) groups is 1. The molecule has 0 aliphatic heterocycles. The predicted octanol–water partition coefficient (Wildman–Crippen LogP) is 5.83. The average molecular weight is 427 g/mol. The van der Waals surface area contributed by atoms with Crippen molar-refractivity contribution in [1.29, 1.82) is 0 Å². The van der Waals surface area contributed by atoms with E-state index < -0.39 is 17.7 Å². The first-order chi connectivity index (χ1) is 13.6. The van der Waals surface area contributed by atoms with Crippen molar-refractivity contribution >= 4 is 23.4 Å². The SMILES string of the molecule is CCOC(=O)Cc1cc(Oc2ccc(N)cc2CSC(C)C)cc(C(F)(F)F)c1. The lowest BCUT2D eigenvalue weighted by Crippen LogP contribution is -2.10. The normalized spacial score (nSPS) is 11.6. The number of alkyl halides is 3. The standard InChI is InChI=1S/C21H24F3NO3S/c1-4-27-20(26)9-14-7-16(21(22,23)24)11-18(8-14)28-19-6-5-17(25)10-15(19)12-29-13(2)3/h5-8,10-11,13H,4,9,12,25H2,1-3H3. The molecular formula is C21H24F3NO3S. The number of thioether (sulfide) groups is 1. The molecule has 0 saturated heterocycles. The van der Waals surface area contributed by atoms with Gasteiger partial charge in [-0.05, 0) is 54.1 Å². The average Bonchev–Trinajstić information content (AvgIpc) is 2.61. The molecule has 0 radical (unpaired) electrons. The Labute approximate surface area is 172 Å². The van der Waals surface area contributed by atoms with Crippen LogP contribution in [0.4, 0.5) is 18.9 Å². The molecule has 2 aromatic carbocycles. The molecule has 0 aliphatic carbocycles. The summed E-state index contributed by atoms with van der Waals surface area (Å²) in [5.41, 5.74) is 6.46. The van der Waals surface area contributed by atoms with Crippen molar-refractivity contribution in [1.82, 2.24) is 0 Å². The van der Waals surface area contributed by atoms with Crippen molar-refractivity contribution in [2.75, 3.05) is 12.3 Å². The Balaban J connectivity index is 2.37. The third-order valence-electron chi connectivity index (χ3n) is 3.83. The molecule has 0 amide bonds. The molecule has 0 aromatic heterocycles. The predicted molar refractivity (Wildman–Crippen MR) is 109 cm³/mol. The maximum Gasteiger partial charge on any atom is 0.416 e. The summed E-state index contributed by atoms with van der Waals surface area (Å²) in [6, 6.07) is 8.29. The zero-order chi connectivity index (χ0) is 21.6. The van der Waals surface area contributed by atoms with Crippen LogP contribution in [0.1, 0.15) is 37.5 Å². The monoisotopic (exact) mass is 427 g/mol. The second kappa shape index (κ2) is 9.91. The van der Waals surface area contributed by atoms with Gasteiger partial charge in [-0.2, -0.15) is 24.9 Å². The summed E-state index contributed by atoms with van der Waals surface area (Å²) in [7, 11) is 0. The first kappa shape index (κ1) is 22.9. The van der Waals surface area contributed by atoms with Crippen LogP contribution in [-0.2, 0) is 27.9 Å². The van der Waals surface area contributed by atoms with Crippen molar-refractivity contribution in [2.45, 2.75) is 44.4 Å². The molecule has 0 atom stereocenters. The van der Waals surface area contributed by atoms with Gasteiger partial charge in [-0.25, -0.2) is 0 Å². The fourth-order valence-corrected chi connectivity index (χ4v) is 3.30. The van der Waals surface area contributed by atoms with Crippen molar-refractivity contribution in [3.63, 3.8) is 0 Å². The van der Waals surface area contributed by atoms with Crippen LogP contribution in [0.5, 0.6) is 11.5 Å². The van der Waals surface area contributed by atoms with Gasteiger partial charge in [0.25, 0.3) is 0 Å². The van der Waals surface area contributed by atoms with Crippen LogP contribution >= 0.6 is 11.8 Å². The highest BCUT2D eigenvalue weighted by Crippen LogP contribution is 2.36. The number of carbonyl (C=O) groups excluding carboxylic acids is 1. The number of ether oxygens (including phenoxy) is 2. The summed E-state index contributed by atoms with van der Waals surface area (Å²) in [6.07, 6.45) is -4.84. The molecular weight excluding hydrogens is 403 g/mol. The van der Waals surface area contributed by atoms with Crippen LogP contribution in [0.15, 0.2) is 36.4 Å². The van der Waals surface area contributed by atoms with Crippen LogP contribution in [0.25, 0.3) is 0 Å². The smallest absolute Gasteiger partial charge is 0.416 e. The first-order valence-electron chi connectivity index (χ1n) is 9.13. The van der Waals surface area contributed by atoms with Crippen molar-refractivity contribution in [3.05, 3.63) is 53.1 Å². The van der Waals surface area contributed by atoms with E-state index in [1.54, 1.807) is 36.9 Å². The molecule has 2 rings (SSSR count). The number of hydrogen-bond acceptors (Lipinski definition) is 5. The van der Waals surface area contributed by atoms with Gasteiger partial charge in [0.15, 0.2) is 0 Å². The highest BCUT2D eigenvalue weighted by molar-refractivity contribution is 7.99. The van der Waals surface area contributed by atoms with Crippen LogP contribution in [-0.4, -0.2) is 17.8 Å². The lowest BCUT2D eigenvalue weighted by atomic mass is 10.1. The van der Waals surface area contributed by atoms with Crippen LogP contribution in [0.3, 0.4) is 0 Å². The second-order valence-corrected chi connectivity index (χ2v) is 8.24. The Morgan fingerprint density at radius 2 is 1.90 bits per heavy atom. The van der Waals surface area contributed by atoms with E-state index in [-0.39, 0.29) is 24.3 Å². The minimum atomic E-state index is -4.57. The van der Waals surface area contributed by atoms with Crippen molar-refractivity contribution < 1.29 is 27.4 Å². The maximum absolute atomic E-state index is 13.3. The third-order valence-corrected chi connectivity index (χ3v) is 4.98. The van der Waals surface area contributed by atoms with E-state index in [2.05, 4.69) is 0 Å². The van der Waals surface area contributed by atoms with Crippen LogP contribution in [0.2, 0.25) is 0 Å². The number of nitrogens with two attached hydrogens (primary N) is 1. The number of nitrogen functional groups attached to an aromatic ring is 1. The number of halogens is 3. The van der Waals surface area contributed by atoms with E-state index in [4.69, 9.17) is 15.2 Å². The summed E-state index contributed by atoms with van der Waals surface area (Å²) in [4.78, 5) is 11.7. The van der Waals surface area contributed by atoms with E-state index in [1.807, 2.05) is 13.8 Å². The molecule has 2 aromatic rings. The van der Waals surface area contributed by atoms with Crippen LogP contribution in [0, 0.1) is 0 Å². The Kier molecular flexibility index (Phi) is 7.84. The topological polar surface area (TPSA) is 61.5 Å². The third kappa shape index (κ3) is 7.20. The second-order valence-electron chi connectivity index (χ2n) is 6.67. The number of esters is 1. The number of benzene rings is 2. The Hall–Kier alpha value is -2.35. The summed E-state index contributed by atoms with van der Waals surface area (Å²) in [6.45, 7) is 5.89. The van der Waals surface area contributed by atoms with Gasteiger partial charge in [0, 0.05) is 17.0 Å². The minimum absolute atomic E-state index is 0.000285. The van der Waals surface area contributed by atoms with Gasteiger partial charge in [-0.1, -0.05) is 13.8 Å². The van der Waals surface area contributed by atoms with E-state index in [0.717, 1.165) is 17.7 Å². The number of rotatable bonds is 8. The molecule has 0 spiro atoms. The van der Waals surface area contributed by atoms with Gasteiger partial charge in [0.05, 0.1) is 18.6 Å². The van der Waals surface area contributed by atoms with Gasteiger partial charge in [0.2, 0.25) is 0 Å². The number of anilines is 1. The van der Waals surface area contributed by atoms with Gasteiger partial charge in [-0.15, -0.1) is 0 Å². The van der Waals surface area contributed by atoms with E-state index in [0.29, 0.717) is 22.4 Å². The molecule has 8 heteroatoms. The summed E-state index contributed by atoms with van der Waals surface area (Å²) in [5, 5.41) is 0.369. The fourth-order valence-electron chi connectivity index (χ4n) is 2.56. The Bertz CT molecular complexity index is 854. The first-order valence-corrected chi connectivity index (χ1v) is 10.2. The highest BCUT2D eigenvalue weighted by Gasteiger charge is 2.31. The minimum Gasteiger partial charge on any atom is -0.466 e. The molecule has 0 heterocycles. The molecule has 4 nitrogen and oxygen atoms in total. The van der Waals surface area contributed by atoms with E-state index in [9.17, 15) is 18.0 Å². The van der Waals surface area contributed by atoms with Gasteiger partial charge in [0.1, 0.15) is 11.5 Å². The van der Waals surface area contributed by atoms with Gasteiger partial charge >= 0.3 is 12.1 Å². The zero-order valence-corrected chi connectivity index (χ0v) is 17.3. The molecule has 0 bridgehead atoms. The fraction of sp³-hybridized carbons (Fsp3) is 0.381. The summed E-state index contributed by atoms with van der Waals surface area (Å²) in [5.74, 6) is 0.430. The molecule has 0 fully saturated rings. The molecule has 0 aliphatic rings. The molecule has 0 saturated carbocycles. The highest BCUT2D eigenvalue weighted by atomic mass is 32.2. The lowest BCUT2D eigenvalue weighted by molar-refractivity contribution is -0.142. The Morgan fingerprint density at radius 1 is 1.17 bits per heavy atom. The summed E-state index contributed by atoms with van der Waals surface area (Å²) < 4.78 is 50.6. The van der Waals surface area contributed by atoms with Gasteiger partial charge < -0.3 is 15.2 Å². The van der Waals surface area contributed by atoms with E-state index >= 15 is 0 Å². The maximum atomic E-state index is 13.3. The summed E-state index contributed by atoms with van der Waals surface area (Å²) >= 11 is 1.67.